The number of sulfonamides is 1. The van der Waals surface area contributed by atoms with Crippen LogP contribution in [0.3, 0.4) is 0 Å². The van der Waals surface area contributed by atoms with Crippen LogP contribution in [-0.2, 0) is 30.9 Å². The molecule has 4 aliphatic heterocycles. The number of hydrogen-bond donors (Lipinski definition) is 1. The van der Waals surface area contributed by atoms with E-state index in [1.165, 1.54) is 11.4 Å². The summed E-state index contributed by atoms with van der Waals surface area (Å²) in [5.74, 6) is 0.483. The quantitative estimate of drug-likeness (QED) is 0.314. The monoisotopic (exact) mass is 647 g/mol. The number of benzene rings is 3. The number of piperidine rings is 4. The van der Waals surface area contributed by atoms with E-state index in [2.05, 4.69) is 10.2 Å². The SMILES string of the molecule is COC(=O)C1CCN(S(=O)(=O)c2ccc(COc3cccc([C@@H](NC(=O)O[C@H]4CN5CCC4CC5)c4ccccc4)c3)cc2)CC1. The highest BCUT2D eigenvalue weighted by atomic mass is 32.2. The summed E-state index contributed by atoms with van der Waals surface area (Å²) < 4.78 is 44.7. The summed E-state index contributed by atoms with van der Waals surface area (Å²) in [6.07, 6.45) is 2.50. The molecule has 244 valence electrons. The molecule has 2 atom stereocenters. The Labute approximate surface area is 270 Å². The van der Waals surface area contributed by atoms with Crippen LogP contribution < -0.4 is 10.1 Å². The molecule has 2 bridgehead atoms. The number of methoxy groups -OCH3 is 1. The van der Waals surface area contributed by atoms with Crippen molar-refractivity contribution in [3.05, 3.63) is 95.6 Å². The number of carbonyl (C=O) groups is 2. The number of hydrogen-bond acceptors (Lipinski definition) is 8. The molecule has 4 fully saturated rings. The molecule has 3 aromatic rings. The van der Waals surface area contributed by atoms with E-state index in [9.17, 15) is 18.0 Å². The molecule has 7 rings (SSSR count). The van der Waals surface area contributed by atoms with Crippen molar-refractivity contribution in [2.75, 3.05) is 39.8 Å². The number of rotatable bonds is 10. The molecule has 0 aliphatic carbocycles. The molecular weight excluding hydrogens is 606 g/mol. The molecule has 0 saturated carbocycles. The third-order valence-corrected chi connectivity index (χ3v) is 11.3. The molecule has 4 heterocycles. The fourth-order valence-corrected chi connectivity index (χ4v) is 8.16. The Morgan fingerprint density at radius 3 is 2.22 bits per heavy atom. The zero-order valence-electron chi connectivity index (χ0n) is 26.0. The lowest BCUT2D eigenvalue weighted by Crippen LogP contribution is -2.52. The largest absolute Gasteiger partial charge is 0.489 e. The minimum atomic E-state index is -3.67. The number of esters is 1. The highest BCUT2D eigenvalue weighted by Crippen LogP contribution is 2.31. The average molecular weight is 648 g/mol. The van der Waals surface area contributed by atoms with Crippen LogP contribution in [0.5, 0.6) is 5.75 Å². The third-order valence-electron chi connectivity index (χ3n) is 9.40. The van der Waals surface area contributed by atoms with Gasteiger partial charge in [0.25, 0.3) is 0 Å². The molecule has 11 heteroatoms. The average Bonchev–Trinajstić information content (AvgIpc) is 3.10. The molecule has 0 radical (unpaired) electrons. The van der Waals surface area contributed by atoms with Gasteiger partial charge in [-0.25, -0.2) is 13.2 Å². The maximum atomic E-state index is 13.2. The lowest BCUT2D eigenvalue weighted by molar-refractivity contribution is -0.146. The minimum absolute atomic E-state index is 0.0891. The first kappa shape index (κ1) is 32.0. The summed E-state index contributed by atoms with van der Waals surface area (Å²) in [7, 11) is -2.32. The number of amides is 1. The Kier molecular flexibility index (Phi) is 9.91. The van der Waals surface area contributed by atoms with Gasteiger partial charge in [0.1, 0.15) is 18.5 Å². The van der Waals surface area contributed by atoms with E-state index in [1.54, 1.807) is 24.3 Å². The van der Waals surface area contributed by atoms with Gasteiger partial charge in [-0.15, -0.1) is 0 Å². The van der Waals surface area contributed by atoms with Gasteiger partial charge in [0.2, 0.25) is 10.0 Å². The van der Waals surface area contributed by atoms with Crippen LogP contribution in [0.2, 0.25) is 0 Å². The number of ether oxygens (including phenoxy) is 3. The summed E-state index contributed by atoms with van der Waals surface area (Å²) in [5, 5.41) is 3.10. The zero-order valence-corrected chi connectivity index (χ0v) is 26.9. The summed E-state index contributed by atoms with van der Waals surface area (Å²) in [6, 6.07) is 23.6. The van der Waals surface area contributed by atoms with Gasteiger partial charge in [-0.2, -0.15) is 4.31 Å². The molecule has 4 saturated heterocycles. The topological polar surface area (TPSA) is 114 Å². The second kappa shape index (κ2) is 14.2. The fraction of sp³-hybridized carbons (Fsp3) is 0.429. The van der Waals surface area contributed by atoms with E-state index in [0.717, 1.165) is 49.2 Å². The zero-order chi connectivity index (χ0) is 32.1. The van der Waals surface area contributed by atoms with Gasteiger partial charge in [-0.1, -0.05) is 54.6 Å². The van der Waals surface area contributed by atoms with Crippen molar-refractivity contribution in [1.29, 1.82) is 0 Å². The third kappa shape index (κ3) is 7.37. The van der Waals surface area contributed by atoms with E-state index < -0.39 is 22.2 Å². The molecule has 0 unspecified atom stereocenters. The van der Waals surface area contributed by atoms with Crippen molar-refractivity contribution in [1.82, 2.24) is 14.5 Å². The van der Waals surface area contributed by atoms with Crippen molar-refractivity contribution in [2.45, 2.75) is 49.3 Å². The van der Waals surface area contributed by atoms with Crippen LogP contribution in [0.15, 0.2) is 83.8 Å². The number of nitrogens with one attached hydrogen (secondary N) is 1. The van der Waals surface area contributed by atoms with Gasteiger partial charge in [0.15, 0.2) is 0 Å². The first-order chi connectivity index (χ1) is 22.3. The van der Waals surface area contributed by atoms with E-state index in [1.807, 2.05) is 54.6 Å². The van der Waals surface area contributed by atoms with Crippen LogP contribution in [0.4, 0.5) is 4.79 Å². The van der Waals surface area contributed by atoms with Gasteiger partial charge in [-0.3, -0.25) is 9.69 Å². The minimum Gasteiger partial charge on any atom is -0.489 e. The molecule has 0 aromatic heterocycles. The second-order valence-electron chi connectivity index (χ2n) is 12.3. The predicted octanol–water partition coefficient (Wildman–Crippen LogP) is 4.75. The molecule has 46 heavy (non-hydrogen) atoms. The van der Waals surface area contributed by atoms with Gasteiger partial charge in [-0.05, 0) is 85.6 Å². The molecule has 1 N–H and O–H groups in total. The smallest absolute Gasteiger partial charge is 0.408 e. The van der Waals surface area contributed by atoms with Gasteiger partial charge < -0.3 is 19.5 Å². The van der Waals surface area contributed by atoms with Gasteiger partial charge >= 0.3 is 12.1 Å². The van der Waals surface area contributed by atoms with Crippen LogP contribution >= 0.6 is 0 Å². The van der Waals surface area contributed by atoms with Crippen molar-refractivity contribution in [3.8, 4) is 5.75 Å². The van der Waals surface area contributed by atoms with Crippen LogP contribution in [0, 0.1) is 11.8 Å². The predicted molar refractivity (Wildman–Crippen MR) is 172 cm³/mol. The maximum Gasteiger partial charge on any atom is 0.408 e. The van der Waals surface area contributed by atoms with Crippen LogP contribution in [0.1, 0.15) is 48.4 Å². The maximum absolute atomic E-state index is 13.2. The summed E-state index contributed by atoms with van der Waals surface area (Å²) in [5.41, 5.74) is 2.59. The number of nitrogens with zero attached hydrogens (tertiary/aromatic N) is 2. The highest BCUT2D eigenvalue weighted by molar-refractivity contribution is 7.89. The normalized spacial score (nSPS) is 22.5. The Bertz CT molecular complexity index is 1600. The fourth-order valence-electron chi connectivity index (χ4n) is 6.69. The standard InChI is InChI=1S/C35H41N3O7S/c1-43-34(39)28-16-20-38(21-17-28)46(41,42)31-12-10-25(11-13-31)24-44-30-9-5-8-29(22-30)33(27-6-3-2-4-7-27)36-35(40)45-32-23-37-18-14-26(32)15-19-37/h2-13,22,26,28,32-33H,14-21,23-24H2,1H3,(H,36,40)/t32-,33-/m0/s1. The molecule has 3 aromatic carbocycles. The van der Waals surface area contributed by atoms with E-state index in [4.69, 9.17) is 14.2 Å². The van der Waals surface area contributed by atoms with Gasteiger partial charge in [0.05, 0.1) is 24.0 Å². The summed E-state index contributed by atoms with van der Waals surface area (Å²) in [4.78, 5) is 27.5. The lowest BCUT2D eigenvalue weighted by Gasteiger charge is -2.43. The number of alkyl carbamates (subject to hydrolysis) is 1. The first-order valence-electron chi connectivity index (χ1n) is 15.9. The molecular formula is C35H41N3O7S. The Hall–Kier alpha value is -3.93. The number of fused-ring (bicyclic) bond motifs is 3. The lowest BCUT2D eigenvalue weighted by atomic mass is 9.86. The Balaban J connectivity index is 1.09. The van der Waals surface area contributed by atoms with E-state index in [0.29, 0.717) is 24.5 Å². The van der Waals surface area contributed by atoms with E-state index in [-0.39, 0.29) is 42.6 Å². The molecule has 10 nitrogen and oxygen atoms in total. The van der Waals surface area contributed by atoms with Crippen molar-refractivity contribution in [3.63, 3.8) is 0 Å². The van der Waals surface area contributed by atoms with Gasteiger partial charge in [0, 0.05) is 19.6 Å². The van der Waals surface area contributed by atoms with E-state index >= 15 is 0 Å². The Morgan fingerprint density at radius 1 is 0.870 bits per heavy atom. The molecule has 0 spiro atoms. The summed E-state index contributed by atoms with van der Waals surface area (Å²) in [6.45, 7) is 3.74. The second-order valence-corrected chi connectivity index (χ2v) is 14.2. The van der Waals surface area contributed by atoms with Crippen molar-refractivity contribution in [2.24, 2.45) is 11.8 Å². The molecule has 4 aliphatic rings. The number of carbonyl (C=O) groups excluding carboxylic acids is 2. The van der Waals surface area contributed by atoms with Crippen LogP contribution in [-0.4, -0.2) is 75.6 Å². The summed E-state index contributed by atoms with van der Waals surface area (Å²) >= 11 is 0. The van der Waals surface area contributed by atoms with Crippen molar-refractivity contribution < 1.29 is 32.2 Å². The van der Waals surface area contributed by atoms with Crippen LogP contribution in [0.25, 0.3) is 0 Å². The Morgan fingerprint density at radius 2 is 1.57 bits per heavy atom. The van der Waals surface area contributed by atoms with Crippen molar-refractivity contribution >= 4 is 22.1 Å². The first-order valence-corrected chi connectivity index (χ1v) is 17.4. The molecule has 1 amide bonds. The highest BCUT2D eigenvalue weighted by Gasteiger charge is 2.37.